The average Bonchev–Trinajstić information content (AvgIpc) is 2.56. The maximum absolute atomic E-state index is 11.7. The smallest absolute Gasteiger partial charge is 0.328 e. The van der Waals surface area contributed by atoms with Crippen LogP contribution in [-0.4, -0.2) is 43.2 Å². The maximum Gasteiger partial charge on any atom is 0.328 e. The zero-order valence-corrected chi connectivity index (χ0v) is 13.3. The molecule has 4 amide bonds. The molecule has 1 aromatic rings. The highest BCUT2D eigenvalue weighted by Gasteiger charge is 2.33. The number of aliphatic imine (C=N–C) groups is 1. The number of piperidine rings is 1. The van der Waals surface area contributed by atoms with Gasteiger partial charge < -0.3 is 4.90 Å². The molecule has 2 aliphatic rings. The third kappa shape index (κ3) is 4.05. The van der Waals surface area contributed by atoms with E-state index in [0.29, 0.717) is 0 Å². The molecular formula is C17H21N4O3+. The lowest BCUT2D eigenvalue weighted by atomic mass is 10.0. The summed E-state index contributed by atoms with van der Waals surface area (Å²) in [6, 6.07) is 9.76. The Hall–Kier alpha value is -2.54. The number of barbiturate groups is 1. The summed E-state index contributed by atoms with van der Waals surface area (Å²) >= 11 is 0. The second-order valence-electron chi connectivity index (χ2n) is 6.23. The Labute approximate surface area is 140 Å². The van der Waals surface area contributed by atoms with Gasteiger partial charge in [-0.05, 0) is 0 Å². The largest absolute Gasteiger partial charge is 0.331 e. The molecule has 24 heavy (non-hydrogen) atoms. The topological polar surface area (TPSA) is 92.1 Å². The van der Waals surface area contributed by atoms with Gasteiger partial charge in [-0.15, -0.1) is 0 Å². The van der Waals surface area contributed by atoms with E-state index in [-0.39, 0.29) is 6.04 Å². The van der Waals surface area contributed by atoms with Gasteiger partial charge in [-0.1, -0.05) is 30.3 Å². The van der Waals surface area contributed by atoms with Crippen LogP contribution < -0.4 is 15.5 Å². The van der Waals surface area contributed by atoms with Gasteiger partial charge in [0.2, 0.25) is 11.8 Å². The van der Waals surface area contributed by atoms with Crippen molar-refractivity contribution in [2.24, 2.45) is 10.9 Å². The first kappa shape index (κ1) is 16.3. The van der Waals surface area contributed by atoms with E-state index in [9.17, 15) is 14.4 Å². The van der Waals surface area contributed by atoms with Gasteiger partial charge in [0, 0.05) is 24.6 Å². The van der Waals surface area contributed by atoms with E-state index in [1.807, 2.05) is 6.07 Å². The first-order chi connectivity index (χ1) is 11.6. The highest BCUT2D eigenvalue weighted by molar-refractivity contribution is 6.23. The van der Waals surface area contributed by atoms with Gasteiger partial charge in [0.25, 0.3) is 0 Å². The average molecular weight is 329 g/mol. The Balaban J connectivity index is 1.49. The van der Waals surface area contributed by atoms with Gasteiger partial charge in [0.15, 0.2) is 5.92 Å². The van der Waals surface area contributed by atoms with Crippen molar-refractivity contribution in [3.8, 4) is 0 Å². The Morgan fingerprint density at radius 1 is 1.04 bits per heavy atom. The van der Waals surface area contributed by atoms with E-state index in [4.69, 9.17) is 0 Å². The number of hydrogen-bond donors (Lipinski definition) is 3. The molecular weight excluding hydrogens is 308 g/mol. The maximum atomic E-state index is 11.7. The lowest BCUT2D eigenvalue weighted by molar-refractivity contribution is -0.918. The van der Waals surface area contributed by atoms with Crippen molar-refractivity contribution in [1.29, 1.82) is 0 Å². The number of nitrogens with zero attached hydrogens (tertiary/aromatic N) is 1. The summed E-state index contributed by atoms with van der Waals surface area (Å²) in [5.74, 6) is -2.24. The summed E-state index contributed by atoms with van der Waals surface area (Å²) in [4.78, 5) is 40.2. The van der Waals surface area contributed by atoms with Crippen LogP contribution in [0.2, 0.25) is 0 Å². The van der Waals surface area contributed by atoms with Gasteiger partial charge in [0.05, 0.1) is 19.1 Å². The number of urea groups is 1. The van der Waals surface area contributed by atoms with Crippen molar-refractivity contribution < 1.29 is 19.3 Å². The van der Waals surface area contributed by atoms with Crippen molar-refractivity contribution in [2.45, 2.75) is 25.4 Å². The van der Waals surface area contributed by atoms with Crippen LogP contribution in [0.1, 0.15) is 18.4 Å². The number of benzene rings is 1. The third-order valence-electron chi connectivity index (χ3n) is 4.44. The van der Waals surface area contributed by atoms with Crippen LogP contribution in [0.15, 0.2) is 35.3 Å². The van der Waals surface area contributed by atoms with Gasteiger partial charge in [-0.2, -0.15) is 0 Å². The van der Waals surface area contributed by atoms with Gasteiger partial charge in [-0.3, -0.25) is 25.2 Å². The fourth-order valence-electron chi connectivity index (χ4n) is 3.09. The number of quaternary nitrogens is 1. The number of rotatable bonds is 4. The van der Waals surface area contributed by atoms with Crippen LogP contribution >= 0.6 is 0 Å². The molecule has 7 heteroatoms. The molecule has 0 radical (unpaired) electrons. The molecule has 3 rings (SSSR count). The van der Waals surface area contributed by atoms with E-state index in [1.165, 1.54) is 16.7 Å². The van der Waals surface area contributed by atoms with Crippen LogP contribution in [-0.2, 0) is 16.1 Å². The number of nitrogens with one attached hydrogen (secondary N) is 3. The van der Waals surface area contributed by atoms with Gasteiger partial charge >= 0.3 is 6.03 Å². The Morgan fingerprint density at radius 3 is 2.29 bits per heavy atom. The second-order valence-corrected chi connectivity index (χ2v) is 6.23. The molecule has 2 fully saturated rings. The Kier molecular flexibility index (Phi) is 5.00. The fraction of sp³-hybridized carbons (Fsp3) is 0.412. The third-order valence-corrected chi connectivity index (χ3v) is 4.44. The minimum absolute atomic E-state index is 0.128. The first-order valence-electron chi connectivity index (χ1n) is 8.18. The summed E-state index contributed by atoms with van der Waals surface area (Å²) in [5.41, 5.74) is 1.33. The van der Waals surface area contributed by atoms with Crippen molar-refractivity contribution in [1.82, 2.24) is 10.6 Å². The monoisotopic (exact) mass is 329 g/mol. The van der Waals surface area contributed by atoms with Crippen molar-refractivity contribution >= 4 is 24.1 Å². The molecule has 0 saturated carbocycles. The predicted molar refractivity (Wildman–Crippen MR) is 87.5 cm³/mol. The molecule has 2 heterocycles. The zero-order chi connectivity index (χ0) is 16.9. The molecule has 2 aliphatic heterocycles. The highest BCUT2D eigenvalue weighted by Crippen LogP contribution is 2.07. The van der Waals surface area contributed by atoms with Crippen LogP contribution in [0.25, 0.3) is 0 Å². The predicted octanol–water partition coefficient (Wildman–Crippen LogP) is -0.713. The van der Waals surface area contributed by atoms with Gasteiger partial charge in [0.1, 0.15) is 6.54 Å². The summed E-state index contributed by atoms with van der Waals surface area (Å²) in [6.45, 7) is 3.03. The molecule has 2 saturated heterocycles. The van der Waals surface area contributed by atoms with Crippen molar-refractivity contribution in [3.63, 3.8) is 0 Å². The Morgan fingerprint density at radius 2 is 1.67 bits per heavy atom. The summed E-state index contributed by atoms with van der Waals surface area (Å²) in [7, 11) is 0. The van der Waals surface area contributed by atoms with Crippen molar-refractivity contribution in [3.05, 3.63) is 35.9 Å². The van der Waals surface area contributed by atoms with Crippen molar-refractivity contribution in [2.75, 3.05) is 13.1 Å². The fourth-order valence-corrected chi connectivity index (χ4v) is 3.09. The van der Waals surface area contributed by atoms with E-state index >= 15 is 0 Å². The lowest BCUT2D eigenvalue weighted by Gasteiger charge is -2.27. The molecule has 0 spiro atoms. The molecule has 0 unspecified atom stereocenters. The standard InChI is InChI=1S/C17H20N4O3/c22-15-14(16(23)20-17(24)19-15)10-18-13-6-8-21(9-7-13)11-12-4-2-1-3-5-12/h1-5,10,13-14H,6-9,11H2,(H2,19,20,22,23,24)/p+1. The highest BCUT2D eigenvalue weighted by atomic mass is 16.2. The Bertz CT molecular complexity index is 631. The van der Waals surface area contributed by atoms with E-state index in [2.05, 4.69) is 39.9 Å². The molecule has 126 valence electrons. The van der Waals surface area contributed by atoms with Crippen LogP contribution in [0, 0.1) is 5.92 Å². The summed E-state index contributed by atoms with van der Waals surface area (Å²) in [5, 5.41) is 4.15. The van der Waals surface area contributed by atoms with E-state index < -0.39 is 23.8 Å². The first-order valence-corrected chi connectivity index (χ1v) is 8.18. The SMILES string of the molecule is O=C1NC(=O)C(C=NC2CC[NH+](Cc3ccccc3)CC2)C(=O)N1. The van der Waals surface area contributed by atoms with E-state index in [1.54, 1.807) is 0 Å². The molecule has 0 aromatic heterocycles. The number of carbonyl (C=O) groups excluding carboxylic acids is 3. The minimum Gasteiger partial charge on any atom is -0.331 e. The molecule has 0 bridgehead atoms. The number of imide groups is 2. The number of hydrogen-bond acceptors (Lipinski definition) is 4. The second kappa shape index (κ2) is 7.35. The summed E-state index contributed by atoms with van der Waals surface area (Å²) in [6.07, 6.45) is 3.23. The van der Waals surface area contributed by atoms with E-state index in [0.717, 1.165) is 32.5 Å². The van der Waals surface area contributed by atoms with Crippen LogP contribution in [0.5, 0.6) is 0 Å². The van der Waals surface area contributed by atoms with Gasteiger partial charge in [-0.25, -0.2) is 4.79 Å². The normalized spacial score (nSPS) is 25.6. The zero-order valence-electron chi connectivity index (χ0n) is 13.3. The number of amides is 4. The molecule has 7 nitrogen and oxygen atoms in total. The number of likely N-dealkylation sites (tertiary alicyclic amines) is 1. The van der Waals surface area contributed by atoms with Crippen LogP contribution in [0.4, 0.5) is 4.79 Å². The molecule has 0 atom stereocenters. The minimum atomic E-state index is -1.02. The number of carbonyl (C=O) groups is 3. The quantitative estimate of drug-likeness (QED) is 0.503. The molecule has 1 aromatic carbocycles. The summed E-state index contributed by atoms with van der Waals surface area (Å²) < 4.78 is 0. The van der Waals surface area contributed by atoms with Crippen LogP contribution in [0.3, 0.4) is 0 Å². The molecule has 0 aliphatic carbocycles. The molecule has 3 N–H and O–H groups in total. The lowest BCUT2D eigenvalue weighted by Crippen LogP contribution is -3.12.